The summed E-state index contributed by atoms with van der Waals surface area (Å²) in [5.74, 6) is 0.478. The number of rotatable bonds is 4. The van der Waals surface area contributed by atoms with Gasteiger partial charge in [0.05, 0.1) is 10.9 Å². The van der Waals surface area contributed by atoms with Gasteiger partial charge in [-0.2, -0.15) is 0 Å². The van der Waals surface area contributed by atoms with Crippen molar-refractivity contribution in [3.8, 4) is 0 Å². The molecular weight excluding hydrogens is 427 g/mol. The fourth-order valence-corrected chi connectivity index (χ4v) is 6.73. The number of fused-ring (bicyclic) bond motifs is 3. The molecule has 34 heavy (non-hydrogen) atoms. The van der Waals surface area contributed by atoms with Gasteiger partial charge in [-0.25, -0.2) is 4.39 Å². The van der Waals surface area contributed by atoms with Crippen molar-refractivity contribution < 1.29 is 13.9 Å². The quantitative estimate of drug-likeness (QED) is 0.523. The first-order valence-corrected chi connectivity index (χ1v) is 12.6. The lowest BCUT2D eigenvalue weighted by atomic mass is 9.72. The summed E-state index contributed by atoms with van der Waals surface area (Å²) in [6, 6.07) is 17.7. The van der Waals surface area contributed by atoms with Gasteiger partial charge < -0.3 is 9.64 Å². The number of aromatic nitrogens is 1. The molecule has 5 heteroatoms. The Labute approximate surface area is 200 Å². The molecule has 2 unspecified atom stereocenters. The fraction of sp³-hybridized carbons (Fsp3) is 0.448. The van der Waals surface area contributed by atoms with E-state index in [1.807, 2.05) is 24.4 Å². The lowest BCUT2D eigenvalue weighted by molar-refractivity contribution is -0.146. The van der Waals surface area contributed by atoms with E-state index in [0.717, 1.165) is 43.2 Å². The number of nitrogens with zero attached hydrogens (tertiary/aromatic N) is 2. The van der Waals surface area contributed by atoms with Crippen LogP contribution in [0.1, 0.15) is 49.7 Å². The number of benzene rings is 2. The van der Waals surface area contributed by atoms with Crippen molar-refractivity contribution in [1.82, 2.24) is 9.88 Å². The largest absolute Gasteiger partial charge is 0.381 e. The molecule has 0 saturated carbocycles. The molecule has 2 aromatic carbocycles. The van der Waals surface area contributed by atoms with E-state index in [9.17, 15) is 9.18 Å². The maximum absolute atomic E-state index is 14.2. The van der Waals surface area contributed by atoms with E-state index in [1.54, 1.807) is 12.1 Å². The molecule has 3 saturated heterocycles. The highest BCUT2D eigenvalue weighted by Crippen LogP contribution is 2.45. The zero-order chi connectivity index (χ0) is 23.1. The molecule has 2 atom stereocenters. The number of carbonyl (C=O) groups excluding carboxylic acids is 1. The second-order valence-corrected chi connectivity index (χ2v) is 10.4. The molecule has 0 radical (unpaired) electrons. The van der Waals surface area contributed by atoms with Gasteiger partial charge in [-0.3, -0.25) is 9.78 Å². The van der Waals surface area contributed by atoms with Gasteiger partial charge in [0.1, 0.15) is 5.82 Å². The predicted octanol–water partition coefficient (Wildman–Crippen LogP) is 5.43. The average molecular weight is 459 g/mol. The SMILES string of the molecule is O=C(N1C2CCC1CC(Cc1cnc3ccccc3c1)C2)C1(c2cccc(F)c2)CCOCC1. The minimum atomic E-state index is -0.670. The van der Waals surface area contributed by atoms with Crippen LogP contribution in [0.2, 0.25) is 0 Å². The third-order valence-corrected chi connectivity index (χ3v) is 8.37. The molecule has 6 rings (SSSR count). The maximum atomic E-state index is 14.2. The Bertz CT molecular complexity index is 1190. The highest BCUT2D eigenvalue weighted by atomic mass is 19.1. The first-order valence-electron chi connectivity index (χ1n) is 12.6. The summed E-state index contributed by atoms with van der Waals surface area (Å²) >= 11 is 0. The number of carbonyl (C=O) groups is 1. The van der Waals surface area contributed by atoms with Gasteiger partial charge in [-0.1, -0.05) is 30.3 Å². The Balaban J connectivity index is 1.23. The molecule has 3 fully saturated rings. The van der Waals surface area contributed by atoms with Crippen molar-refractivity contribution in [2.75, 3.05) is 13.2 Å². The van der Waals surface area contributed by atoms with E-state index in [2.05, 4.69) is 28.1 Å². The highest BCUT2D eigenvalue weighted by molar-refractivity contribution is 5.89. The van der Waals surface area contributed by atoms with Crippen LogP contribution in [0.4, 0.5) is 4.39 Å². The Morgan fingerprint density at radius 3 is 2.56 bits per heavy atom. The van der Waals surface area contributed by atoms with Gasteiger partial charge in [0.15, 0.2) is 0 Å². The monoisotopic (exact) mass is 458 g/mol. The van der Waals surface area contributed by atoms with Crippen LogP contribution in [0.3, 0.4) is 0 Å². The van der Waals surface area contributed by atoms with Gasteiger partial charge in [-0.15, -0.1) is 0 Å². The Morgan fingerprint density at radius 1 is 1.03 bits per heavy atom. The van der Waals surface area contributed by atoms with Gasteiger partial charge in [0.2, 0.25) is 5.91 Å². The molecule has 4 nitrogen and oxygen atoms in total. The van der Waals surface area contributed by atoms with E-state index in [0.29, 0.717) is 32.0 Å². The molecule has 3 aliphatic rings. The van der Waals surface area contributed by atoms with E-state index in [4.69, 9.17) is 4.74 Å². The third-order valence-electron chi connectivity index (χ3n) is 8.37. The number of para-hydroxylation sites is 1. The number of piperidine rings is 1. The van der Waals surface area contributed by atoms with Crippen molar-refractivity contribution >= 4 is 16.8 Å². The number of hydrogen-bond donors (Lipinski definition) is 0. The molecular formula is C29H31FN2O2. The fourth-order valence-electron chi connectivity index (χ4n) is 6.73. The lowest BCUT2D eigenvalue weighted by Gasteiger charge is -2.46. The van der Waals surface area contributed by atoms with Crippen molar-refractivity contribution in [3.05, 3.63) is 77.7 Å². The van der Waals surface area contributed by atoms with Gasteiger partial charge in [-0.05, 0) is 86.3 Å². The molecule has 2 bridgehead atoms. The third kappa shape index (κ3) is 3.80. The topological polar surface area (TPSA) is 42.4 Å². The molecule has 3 aromatic rings. The van der Waals surface area contributed by atoms with E-state index >= 15 is 0 Å². The van der Waals surface area contributed by atoms with Crippen LogP contribution in [-0.2, 0) is 21.4 Å². The van der Waals surface area contributed by atoms with Crippen LogP contribution < -0.4 is 0 Å². The minimum absolute atomic E-state index is 0.194. The Hall–Kier alpha value is -2.79. The van der Waals surface area contributed by atoms with Gasteiger partial charge >= 0.3 is 0 Å². The molecule has 0 spiro atoms. The van der Waals surface area contributed by atoms with E-state index in [-0.39, 0.29) is 23.8 Å². The predicted molar refractivity (Wildman–Crippen MR) is 130 cm³/mol. The Morgan fingerprint density at radius 2 is 1.79 bits per heavy atom. The van der Waals surface area contributed by atoms with Crippen LogP contribution in [0.25, 0.3) is 10.9 Å². The average Bonchev–Trinajstić information content (AvgIpc) is 3.13. The van der Waals surface area contributed by atoms with E-state index in [1.165, 1.54) is 17.0 Å². The standard InChI is InChI=1S/C29H31FN2O2/c30-24-6-3-5-23(18-24)29(10-12-34-13-11-29)28(33)32-25-8-9-26(32)17-20(16-25)14-21-15-22-4-1-2-7-27(22)31-19-21/h1-7,15,18-20,25-26H,8-14,16-17H2. The summed E-state index contributed by atoms with van der Waals surface area (Å²) in [5.41, 5.74) is 2.45. The molecule has 4 heterocycles. The summed E-state index contributed by atoms with van der Waals surface area (Å²) < 4.78 is 19.8. The smallest absolute Gasteiger partial charge is 0.233 e. The van der Waals surface area contributed by atoms with Crippen LogP contribution in [0.5, 0.6) is 0 Å². The number of pyridine rings is 1. The van der Waals surface area contributed by atoms with Gasteiger partial charge in [0, 0.05) is 36.9 Å². The zero-order valence-electron chi connectivity index (χ0n) is 19.5. The number of ether oxygens (including phenoxy) is 1. The normalized spacial score (nSPS) is 26.0. The molecule has 3 aliphatic heterocycles. The lowest BCUT2D eigenvalue weighted by Crippen LogP contribution is -2.56. The van der Waals surface area contributed by atoms with Crippen LogP contribution in [0.15, 0.2) is 60.8 Å². The molecule has 1 aromatic heterocycles. The maximum Gasteiger partial charge on any atom is 0.233 e. The van der Waals surface area contributed by atoms with E-state index < -0.39 is 5.41 Å². The first-order chi connectivity index (χ1) is 16.6. The summed E-state index contributed by atoms with van der Waals surface area (Å²) in [7, 11) is 0. The van der Waals surface area contributed by atoms with Crippen LogP contribution in [-0.4, -0.2) is 41.1 Å². The van der Waals surface area contributed by atoms with Crippen molar-refractivity contribution in [2.45, 2.75) is 62.4 Å². The molecule has 0 N–H and O–H groups in total. The second-order valence-electron chi connectivity index (χ2n) is 10.4. The zero-order valence-corrected chi connectivity index (χ0v) is 19.5. The summed E-state index contributed by atoms with van der Waals surface area (Å²) in [6.07, 6.45) is 8.47. The number of halogens is 1. The van der Waals surface area contributed by atoms with Crippen molar-refractivity contribution in [1.29, 1.82) is 0 Å². The summed E-state index contributed by atoms with van der Waals surface area (Å²) in [5, 5.41) is 1.19. The molecule has 1 amide bonds. The summed E-state index contributed by atoms with van der Waals surface area (Å²) in [6.45, 7) is 1.09. The van der Waals surface area contributed by atoms with Crippen molar-refractivity contribution in [2.24, 2.45) is 5.92 Å². The number of amides is 1. The molecule has 176 valence electrons. The minimum Gasteiger partial charge on any atom is -0.381 e. The number of hydrogen-bond acceptors (Lipinski definition) is 3. The van der Waals surface area contributed by atoms with Crippen LogP contribution >= 0.6 is 0 Å². The second kappa shape index (κ2) is 8.77. The van der Waals surface area contributed by atoms with Crippen LogP contribution in [0, 0.1) is 11.7 Å². The first kappa shape index (κ1) is 21.7. The highest BCUT2D eigenvalue weighted by Gasteiger charge is 2.51. The van der Waals surface area contributed by atoms with Crippen molar-refractivity contribution in [3.63, 3.8) is 0 Å². The molecule has 0 aliphatic carbocycles. The summed E-state index contributed by atoms with van der Waals surface area (Å²) in [4.78, 5) is 21.0. The van der Waals surface area contributed by atoms with Gasteiger partial charge in [0.25, 0.3) is 0 Å². The Kier molecular flexibility index (Phi) is 5.60.